The van der Waals surface area contributed by atoms with E-state index in [4.69, 9.17) is 15.3 Å². The first kappa shape index (κ1) is 16.5. The van der Waals surface area contributed by atoms with Gasteiger partial charge in [0.2, 0.25) is 0 Å². The molecule has 0 atom stereocenters. The lowest BCUT2D eigenvalue weighted by Gasteiger charge is -2.24. The van der Waals surface area contributed by atoms with Gasteiger partial charge in [0.25, 0.3) is 0 Å². The fourth-order valence-electron chi connectivity index (χ4n) is 1.86. The molecule has 0 fully saturated rings. The largest absolute Gasteiger partial charge is 0.481 e. The zero-order valence-electron chi connectivity index (χ0n) is 11.4. The Bertz CT molecular complexity index is 528. The highest BCUT2D eigenvalue weighted by Crippen LogP contribution is 2.17. The lowest BCUT2D eigenvalue weighted by Crippen LogP contribution is -2.28. The van der Waals surface area contributed by atoms with E-state index in [2.05, 4.69) is 0 Å². The molecule has 3 N–H and O–H groups in total. The molecule has 0 radical (unpaired) electrons. The van der Waals surface area contributed by atoms with Gasteiger partial charge < -0.3 is 20.2 Å². The van der Waals surface area contributed by atoms with Gasteiger partial charge in [-0.05, 0) is 24.6 Å². The summed E-state index contributed by atoms with van der Waals surface area (Å²) in [6.45, 7) is 0.542. The van der Waals surface area contributed by atoms with E-state index in [1.807, 2.05) is 0 Å². The van der Waals surface area contributed by atoms with Crippen LogP contribution in [0.25, 0.3) is 0 Å². The summed E-state index contributed by atoms with van der Waals surface area (Å²) in [7, 11) is 0. The Morgan fingerprint density at radius 2 is 1.62 bits per heavy atom. The van der Waals surface area contributed by atoms with Gasteiger partial charge in [-0.15, -0.1) is 0 Å². The molecule has 114 valence electrons. The van der Waals surface area contributed by atoms with E-state index in [1.165, 1.54) is 12.1 Å². The van der Waals surface area contributed by atoms with Gasteiger partial charge in [0, 0.05) is 25.2 Å². The Balaban J connectivity index is 2.82. The van der Waals surface area contributed by atoms with Crippen LogP contribution in [-0.2, 0) is 9.59 Å². The van der Waals surface area contributed by atoms with E-state index in [0.717, 1.165) is 0 Å². The minimum atomic E-state index is -1.07. The van der Waals surface area contributed by atoms with Crippen LogP contribution in [0.3, 0.4) is 0 Å². The normalized spacial score (nSPS) is 10.1. The highest BCUT2D eigenvalue weighted by molar-refractivity contribution is 5.88. The Labute approximate surface area is 121 Å². The predicted molar refractivity (Wildman–Crippen MR) is 74.7 cm³/mol. The standard InChI is InChI=1S/C14H17NO6/c16-12(17)5-2-7-15(8-6-13(18)19)11-4-1-3-10(9-11)14(20)21/h1,3-4,9H,2,5-8H2,(H,16,17)(H,18,19)(H,20,21). The second-order valence-electron chi connectivity index (χ2n) is 4.48. The molecule has 0 aliphatic rings. The Morgan fingerprint density at radius 1 is 0.952 bits per heavy atom. The van der Waals surface area contributed by atoms with E-state index in [0.29, 0.717) is 18.7 Å². The smallest absolute Gasteiger partial charge is 0.335 e. The number of nitrogens with zero attached hydrogens (tertiary/aromatic N) is 1. The average Bonchev–Trinajstić information content (AvgIpc) is 2.42. The molecular weight excluding hydrogens is 278 g/mol. The van der Waals surface area contributed by atoms with Crippen molar-refractivity contribution in [1.82, 2.24) is 0 Å². The van der Waals surface area contributed by atoms with Crippen LogP contribution in [0.15, 0.2) is 24.3 Å². The first-order valence-corrected chi connectivity index (χ1v) is 6.42. The van der Waals surface area contributed by atoms with Gasteiger partial charge in [-0.2, -0.15) is 0 Å². The fraction of sp³-hybridized carbons (Fsp3) is 0.357. The number of aliphatic carboxylic acids is 2. The van der Waals surface area contributed by atoms with Crippen LogP contribution in [0.2, 0.25) is 0 Å². The van der Waals surface area contributed by atoms with E-state index in [9.17, 15) is 14.4 Å². The summed E-state index contributed by atoms with van der Waals surface area (Å²) in [6, 6.07) is 6.14. The maximum absolute atomic E-state index is 11.0. The molecule has 0 aromatic heterocycles. The minimum Gasteiger partial charge on any atom is -0.481 e. The summed E-state index contributed by atoms with van der Waals surface area (Å²) in [4.78, 5) is 33.9. The van der Waals surface area contributed by atoms with Crippen LogP contribution in [0, 0.1) is 0 Å². The van der Waals surface area contributed by atoms with Crippen LogP contribution in [0.1, 0.15) is 29.6 Å². The van der Waals surface area contributed by atoms with Crippen molar-refractivity contribution in [2.24, 2.45) is 0 Å². The number of anilines is 1. The molecule has 0 aliphatic heterocycles. The third-order valence-electron chi connectivity index (χ3n) is 2.87. The fourth-order valence-corrected chi connectivity index (χ4v) is 1.86. The molecule has 0 aliphatic carbocycles. The van der Waals surface area contributed by atoms with Gasteiger partial charge in [-0.1, -0.05) is 6.07 Å². The molecule has 0 saturated carbocycles. The summed E-state index contributed by atoms with van der Waals surface area (Å²) < 4.78 is 0. The quantitative estimate of drug-likeness (QED) is 0.632. The summed E-state index contributed by atoms with van der Waals surface area (Å²) in [5.41, 5.74) is 0.674. The van der Waals surface area contributed by atoms with Crippen molar-refractivity contribution in [3.8, 4) is 0 Å². The van der Waals surface area contributed by atoms with Crippen molar-refractivity contribution < 1.29 is 29.7 Å². The molecule has 21 heavy (non-hydrogen) atoms. The molecule has 7 heteroatoms. The van der Waals surface area contributed by atoms with Crippen molar-refractivity contribution in [1.29, 1.82) is 0 Å². The third-order valence-corrected chi connectivity index (χ3v) is 2.87. The molecule has 0 amide bonds. The van der Waals surface area contributed by atoms with Crippen LogP contribution >= 0.6 is 0 Å². The Kier molecular flexibility index (Phi) is 6.19. The molecule has 0 heterocycles. The molecule has 1 aromatic carbocycles. The van der Waals surface area contributed by atoms with E-state index >= 15 is 0 Å². The molecule has 1 rings (SSSR count). The Morgan fingerprint density at radius 3 is 2.19 bits per heavy atom. The van der Waals surface area contributed by atoms with E-state index in [-0.39, 0.29) is 24.9 Å². The zero-order valence-corrected chi connectivity index (χ0v) is 11.4. The van der Waals surface area contributed by atoms with E-state index in [1.54, 1.807) is 17.0 Å². The van der Waals surface area contributed by atoms with Crippen molar-refractivity contribution >= 4 is 23.6 Å². The molecule has 1 aromatic rings. The first-order chi connectivity index (χ1) is 9.90. The third kappa shape index (κ3) is 5.94. The minimum absolute atomic E-state index is 0.0256. The summed E-state index contributed by atoms with van der Waals surface area (Å²) in [5.74, 6) is -2.96. The van der Waals surface area contributed by atoms with Crippen molar-refractivity contribution in [3.05, 3.63) is 29.8 Å². The number of hydrogen-bond acceptors (Lipinski definition) is 4. The molecule has 0 saturated heterocycles. The van der Waals surface area contributed by atoms with Gasteiger partial charge in [0.15, 0.2) is 0 Å². The van der Waals surface area contributed by atoms with Gasteiger partial charge in [-0.25, -0.2) is 4.79 Å². The number of carboxylic acid groups (broad SMARTS) is 3. The predicted octanol–water partition coefficient (Wildman–Crippen LogP) is 1.53. The molecule has 0 spiro atoms. The summed E-state index contributed by atoms with van der Waals surface area (Å²) in [5, 5.41) is 26.4. The van der Waals surface area contributed by atoms with Crippen molar-refractivity contribution in [2.45, 2.75) is 19.3 Å². The van der Waals surface area contributed by atoms with E-state index < -0.39 is 17.9 Å². The SMILES string of the molecule is O=C(O)CCCN(CCC(=O)O)c1cccc(C(=O)O)c1. The second kappa shape index (κ2) is 7.88. The van der Waals surface area contributed by atoms with Crippen LogP contribution < -0.4 is 4.90 Å². The van der Waals surface area contributed by atoms with Crippen LogP contribution in [-0.4, -0.2) is 46.3 Å². The van der Waals surface area contributed by atoms with Crippen molar-refractivity contribution in [2.75, 3.05) is 18.0 Å². The molecular formula is C14H17NO6. The maximum atomic E-state index is 11.0. The topological polar surface area (TPSA) is 115 Å². The monoisotopic (exact) mass is 295 g/mol. The lowest BCUT2D eigenvalue weighted by atomic mass is 10.1. The van der Waals surface area contributed by atoms with Crippen LogP contribution in [0.4, 0.5) is 5.69 Å². The van der Waals surface area contributed by atoms with Gasteiger partial charge in [0.1, 0.15) is 0 Å². The van der Waals surface area contributed by atoms with Crippen LogP contribution in [0.5, 0.6) is 0 Å². The highest BCUT2D eigenvalue weighted by Gasteiger charge is 2.12. The maximum Gasteiger partial charge on any atom is 0.335 e. The zero-order chi connectivity index (χ0) is 15.8. The number of rotatable bonds is 9. The lowest BCUT2D eigenvalue weighted by molar-refractivity contribution is -0.138. The number of carbonyl (C=O) groups is 3. The number of aromatic carboxylic acids is 1. The molecule has 0 unspecified atom stereocenters. The average molecular weight is 295 g/mol. The van der Waals surface area contributed by atoms with Crippen molar-refractivity contribution in [3.63, 3.8) is 0 Å². The van der Waals surface area contributed by atoms with Gasteiger partial charge >= 0.3 is 17.9 Å². The molecule has 0 bridgehead atoms. The number of hydrogen-bond donors (Lipinski definition) is 3. The van der Waals surface area contributed by atoms with Gasteiger partial charge in [-0.3, -0.25) is 9.59 Å². The molecule has 7 nitrogen and oxygen atoms in total. The summed E-state index contributed by atoms with van der Waals surface area (Å²) >= 11 is 0. The van der Waals surface area contributed by atoms with Gasteiger partial charge in [0.05, 0.1) is 12.0 Å². The first-order valence-electron chi connectivity index (χ1n) is 6.42. The number of benzene rings is 1. The highest BCUT2D eigenvalue weighted by atomic mass is 16.4. The number of carboxylic acids is 3. The summed E-state index contributed by atoms with van der Waals surface area (Å²) in [6.07, 6.45) is 0.221. The Hall–Kier alpha value is -2.57. The second-order valence-corrected chi connectivity index (χ2v) is 4.48.